The number of hydrogen-bond acceptors (Lipinski definition) is 7. The number of aliphatic carboxylic acids is 1. The first-order valence-corrected chi connectivity index (χ1v) is 15.4. The second-order valence-corrected chi connectivity index (χ2v) is 11.9. The van der Waals surface area contributed by atoms with Crippen molar-refractivity contribution in [2.24, 2.45) is 0 Å². The van der Waals surface area contributed by atoms with Crippen LogP contribution in [0.4, 0.5) is 0 Å². The van der Waals surface area contributed by atoms with E-state index in [2.05, 4.69) is 23.5 Å². The lowest BCUT2D eigenvalue weighted by Crippen LogP contribution is -2.12. The highest BCUT2D eigenvalue weighted by molar-refractivity contribution is 6.03. The highest BCUT2D eigenvalue weighted by atomic mass is 16.5. The fourth-order valence-corrected chi connectivity index (χ4v) is 6.71. The molecule has 2 aliphatic heterocycles. The van der Waals surface area contributed by atoms with Gasteiger partial charge in [-0.15, -0.1) is 0 Å². The smallest absolute Gasteiger partial charge is 0.340 e. The van der Waals surface area contributed by atoms with Crippen LogP contribution in [0.15, 0.2) is 24.8 Å². The molecule has 0 unspecified atom stereocenters. The van der Waals surface area contributed by atoms with E-state index in [1.807, 2.05) is 45.0 Å². The van der Waals surface area contributed by atoms with Crippen molar-refractivity contribution in [1.29, 1.82) is 0 Å². The summed E-state index contributed by atoms with van der Waals surface area (Å²) in [5.41, 5.74) is 10.7. The first-order valence-electron chi connectivity index (χ1n) is 15.4. The lowest BCUT2D eigenvalue weighted by atomic mass is 9.85. The van der Waals surface area contributed by atoms with Crippen molar-refractivity contribution < 1.29 is 29.0 Å². The van der Waals surface area contributed by atoms with Crippen molar-refractivity contribution in [2.75, 3.05) is 14.2 Å². The van der Waals surface area contributed by atoms with Crippen molar-refractivity contribution in [1.82, 2.24) is 19.9 Å². The molecule has 0 aromatic carbocycles. The van der Waals surface area contributed by atoms with Gasteiger partial charge >= 0.3 is 17.9 Å². The summed E-state index contributed by atoms with van der Waals surface area (Å²) in [7, 11) is 2.64. The van der Waals surface area contributed by atoms with Gasteiger partial charge in [0.05, 0.1) is 48.8 Å². The molecule has 3 N–H and O–H groups in total. The van der Waals surface area contributed by atoms with E-state index in [1.165, 1.54) is 14.2 Å². The molecule has 5 rings (SSSR count). The number of aromatic nitrogens is 4. The average Bonchev–Trinajstić information content (AvgIpc) is 3.71. The van der Waals surface area contributed by atoms with Crippen LogP contribution in [0, 0.1) is 13.8 Å². The first kappa shape index (κ1) is 32.4. The molecule has 10 nitrogen and oxygen atoms in total. The summed E-state index contributed by atoms with van der Waals surface area (Å²) in [6.07, 6.45) is 2.64. The predicted octanol–water partition coefficient (Wildman–Crippen LogP) is 7.17. The van der Waals surface area contributed by atoms with E-state index >= 15 is 0 Å². The largest absolute Gasteiger partial charge is 0.481 e. The van der Waals surface area contributed by atoms with Crippen LogP contribution in [0.25, 0.3) is 39.3 Å². The molecular formula is C36H40N4O6. The summed E-state index contributed by atoms with van der Waals surface area (Å²) in [5.74, 6) is -2.56. The summed E-state index contributed by atoms with van der Waals surface area (Å²) in [6, 6.07) is 5.90. The Morgan fingerprint density at radius 3 is 2.30 bits per heavy atom. The minimum atomic E-state index is -1.08. The SMILES string of the molecule is C=Cc1c(C)c2cc3nc(c(CC(=O)O)c4[nH]c(cc5nc(cc1[nH]2)C(C)=C5CC)c(C)c4C(=O)OC)[C@@H](CCC(=O)OC)[C@@H]3C. The number of nitrogens with zero attached hydrogens (tertiary/aromatic N) is 2. The summed E-state index contributed by atoms with van der Waals surface area (Å²) < 4.78 is 10.1. The topological polar surface area (TPSA) is 147 Å². The summed E-state index contributed by atoms with van der Waals surface area (Å²) in [5, 5.41) is 10.2. The van der Waals surface area contributed by atoms with Crippen molar-refractivity contribution >= 4 is 57.2 Å². The molecule has 3 aromatic heterocycles. The molecule has 0 amide bonds. The van der Waals surface area contributed by atoms with Crippen molar-refractivity contribution in [2.45, 2.75) is 72.1 Å². The van der Waals surface area contributed by atoms with Crippen LogP contribution in [-0.4, -0.2) is 57.2 Å². The van der Waals surface area contributed by atoms with E-state index in [0.717, 1.165) is 56.8 Å². The number of carbonyl (C=O) groups is 3. The van der Waals surface area contributed by atoms with Gasteiger partial charge in [0.2, 0.25) is 0 Å². The number of ether oxygens (including phenoxy) is 2. The standard InChI is InChI=1S/C36H40N4O6/c1-9-21-17(3)25-14-27-19(5)23(11-12-32(43)45-7)34(39-27)24(13-31(41)42)35-33(36(44)46-8)20(6)28(40-35)16-30-22(10-2)18(4)26(38-30)15-29(21)37-25/h9,14-16,19,23,37,40H,1,10-13H2,2-8H3,(H,41,42)/t19-,23-/m0/s1. The second-order valence-electron chi connectivity index (χ2n) is 11.9. The number of rotatable bonds is 8. The van der Waals surface area contributed by atoms with Gasteiger partial charge in [0, 0.05) is 51.6 Å². The van der Waals surface area contributed by atoms with Crippen LogP contribution < -0.4 is 0 Å². The fraction of sp³-hybridized carbons (Fsp3) is 0.361. The number of aryl methyl sites for hydroxylation is 2. The highest BCUT2D eigenvalue weighted by Gasteiger charge is 2.33. The van der Waals surface area contributed by atoms with E-state index in [-0.39, 0.29) is 29.8 Å². The molecule has 5 heterocycles. The molecule has 0 saturated heterocycles. The number of aromatic amines is 2. The van der Waals surface area contributed by atoms with E-state index in [9.17, 15) is 19.5 Å². The van der Waals surface area contributed by atoms with Gasteiger partial charge in [-0.3, -0.25) is 14.6 Å². The zero-order valence-corrected chi connectivity index (χ0v) is 27.4. The summed E-state index contributed by atoms with van der Waals surface area (Å²) >= 11 is 0. The Hall–Kier alpha value is -4.99. The third kappa shape index (κ3) is 5.63. The van der Waals surface area contributed by atoms with Gasteiger partial charge in [-0.25, -0.2) is 9.78 Å². The Kier molecular flexibility index (Phi) is 9.01. The molecule has 0 spiro atoms. The van der Waals surface area contributed by atoms with Crippen LogP contribution in [0.2, 0.25) is 0 Å². The maximum Gasteiger partial charge on any atom is 0.340 e. The highest BCUT2D eigenvalue weighted by Crippen LogP contribution is 2.43. The van der Waals surface area contributed by atoms with Gasteiger partial charge in [0.25, 0.3) is 0 Å². The number of carbonyl (C=O) groups excluding carboxylic acids is 2. The monoisotopic (exact) mass is 624 g/mol. The minimum absolute atomic E-state index is 0.121. The van der Waals surface area contributed by atoms with Gasteiger partial charge in [-0.1, -0.05) is 26.5 Å². The number of carboxylic acids is 1. The predicted molar refractivity (Wildman–Crippen MR) is 178 cm³/mol. The average molecular weight is 625 g/mol. The lowest BCUT2D eigenvalue weighted by Gasteiger charge is -2.17. The van der Waals surface area contributed by atoms with Gasteiger partial charge in [0.1, 0.15) is 0 Å². The molecule has 2 aliphatic rings. The fourth-order valence-electron chi connectivity index (χ4n) is 6.71. The molecule has 0 radical (unpaired) electrons. The van der Waals surface area contributed by atoms with Gasteiger partial charge in [0.15, 0.2) is 0 Å². The summed E-state index contributed by atoms with van der Waals surface area (Å²) in [4.78, 5) is 55.0. The van der Waals surface area contributed by atoms with Gasteiger partial charge in [-0.05, 0) is 74.1 Å². The zero-order chi connectivity index (χ0) is 33.4. The third-order valence-corrected chi connectivity index (χ3v) is 9.34. The second kappa shape index (κ2) is 12.8. The number of allylic oxidation sites excluding steroid dienone is 2. The molecule has 3 aromatic rings. The van der Waals surface area contributed by atoms with E-state index in [0.29, 0.717) is 34.3 Å². The van der Waals surface area contributed by atoms with Crippen molar-refractivity contribution in [3.63, 3.8) is 0 Å². The number of hydrogen-bond donors (Lipinski definition) is 3. The molecular weight excluding hydrogens is 584 g/mol. The Labute approximate surface area is 267 Å². The van der Waals surface area contributed by atoms with E-state index in [1.54, 1.807) is 6.92 Å². The zero-order valence-electron chi connectivity index (χ0n) is 27.4. The number of esters is 2. The number of nitrogens with one attached hydrogen (secondary N) is 2. The van der Waals surface area contributed by atoms with Gasteiger partial charge in [-0.2, -0.15) is 0 Å². The Balaban J connectivity index is 2.03. The normalized spacial score (nSPS) is 16.0. The van der Waals surface area contributed by atoms with Crippen molar-refractivity contribution in [3.8, 4) is 0 Å². The molecule has 46 heavy (non-hydrogen) atoms. The molecule has 0 saturated carbocycles. The minimum Gasteiger partial charge on any atom is -0.481 e. The Morgan fingerprint density at radius 1 is 0.978 bits per heavy atom. The number of fused-ring (bicyclic) bond motifs is 8. The maximum absolute atomic E-state index is 13.3. The van der Waals surface area contributed by atoms with E-state index < -0.39 is 18.4 Å². The van der Waals surface area contributed by atoms with Gasteiger partial charge < -0.3 is 24.5 Å². The number of carboxylic acid groups (broad SMARTS) is 1. The van der Waals surface area contributed by atoms with Crippen LogP contribution in [0.3, 0.4) is 0 Å². The molecule has 0 aliphatic carbocycles. The first-order chi connectivity index (χ1) is 21.9. The quantitative estimate of drug-likeness (QED) is 0.224. The van der Waals surface area contributed by atoms with Crippen LogP contribution in [-0.2, 0) is 25.5 Å². The van der Waals surface area contributed by atoms with Crippen LogP contribution >= 0.6 is 0 Å². The number of H-pyrrole nitrogens is 2. The summed E-state index contributed by atoms with van der Waals surface area (Å²) in [6.45, 7) is 14.0. The maximum atomic E-state index is 13.3. The molecule has 2 atom stereocenters. The van der Waals surface area contributed by atoms with Crippen LogP contribution in [0.5, 0.6) is 0 Å². The Morgan fingerprint density at radius 2 is 1.67 bits per heavy atom. The van der Waals surface area contributed by atoms with E-state index in [4.69, 9.17) is 19.4 Å². The Bertz CT molecular complexity index is 1980. The molecule has 0 fully saturated rings. The van der Waals surface area contributed by atoms with Crippen LogP contribution in [0.1, 0.15) is 107 Å². The number of methoxy groups -OCH3 is 2. The molecule has 240 valence electrons. The third-order valence-electron chi connectivity index (χ3n) is 9.34. The molecule has 10 heteroatoms. The van der Waals surface area contributed by atoms with Crippen molar-refractivity contribution in [3.05, 3.63) is 75.4 Å². The molecule has 8 bridgehead atoms. The lowest BCUT2D eigenvalue weighted by molar-refractivity contribution is -0.141.